The van der Waals surface area contributed by atoms with Crippen LogP contribution in [0, 0.1) is 0 Å². The number of para-hydroxylation sites is 1. The van der Waals surface area contributed by atoms with Crippen molar-refractivity contribution >= 4 is 33.5 Å². The maximum absolute atomic E-state index is 12.2. The molecular weight excluding hydrogens is 288 g/mol. The normalized spacial score (nSPS) is 12.5. The van der Waals surface area contributed by atoms with E-state index in [1.807, 2.05) is 30.3 Å². The summed E-state index contributed by atoms with van der Waals surface area (Å²) in [6.07, 6.45) is 0. The first-order chi connectivity index (χ1) is 10.2. The molecule has 6 nitrogen and oxygen atoms in total. The molecule has 3 rings (SSSR count). The molecule has 1 aromatic carbocycles. The number of amides is 1. The van der Waals surface area contributed by atoms with Crippen LogP contribution in [-0.4, -0.2) is 15.3 Å². The van der Waals surface area contributed by atoms with Gasteiger partial charge in [-0.3, -0.25) is 4.79 Å². The fourth-order valence-electron chi connectivity index (χ4n) is 1.95. The molecule has 0 aliphatic rings. The minimum atomic E-state index is -0.414. The Labute approximate surface area is 125 Å². The summed E-state index contributed by atoms with van der Waals surface area (Å²) < 4.78 is 9.72. The highest BCUT2D eigenvalue weighted by molar-refractivity contribution is 7.09. The maximum Gasteiger partial charge on any atom is 0.236 e. The van der Waals surface area contributed by atoms with Gasteiger partial charge in [-0.25, -0.2) is 4.98 Å². The lowest BCUT2D eigenvalue weighted by Gasteiger charge is -2.06. The number of furan rings is 1. The summed E-state index contributed by atoms with van der Waals surface area (Å²) >= 11 is 1.12. The summed E-state index contributed by atoms with van der Waals surface area (Å²) in [6.45, 7) is 2.05. The van der Waals surface area contributed by atoms with Crippen LogP contribution in [0.15, 0.2) is 34.7 Å². The van der Waals surface area contributed by atoms with Crippen LogP contribution in [0.5, 0.6) is 0 Å². The van der Waals surface area contributed by atoms with Gasteiger partial charge in [-0.1, -0.05) is 18.2 Å². The highest BCUT2D eigenvalue weighted by Crippen LogP contribution is 2.26. The van der Waals surface area contributed by atoms with Gasteiger partial charge in [0, 0.05) is 16.9 Å². The van der Waals surface area contributed by atoms with Crippen LogP contribution >= 0.6 is 11.5 Å². The summed E-state index contributed by atoms with van der Waals surface area (Å²) in [5.41, 5.74) is 6.21. The molecule has 0 aliphatic heterocycles. The first kappa shape index (κ1) is 13.7. The second kappa shape index (κ2) is 5.63. The third-order valence-electron chi connectivity index (χ3n) is 3.15. The molecule has 0 aliphatic carbocycles. The van der Waals surface area contributed by atoms with Crippen molar-refractivity contribution in [2.45, 2.75) is 19.4 Å². The second-order valence-electron chi connectivity index (χ2n) is 4.62. The quantitative estimate of drug-likeness (QED) is 0.772. The number of aromatic nitrogens is 2. The molecule has 1 atom stereocenters. The van der Waals surface area contributed by atoms with E-state index in [-0.39, 0.29) is 12.5 Å². The van der Waals surface area contributed by atoms with Crippen LogP contribution in [0.4, 0.5) is 5.13 Å². The molecule has 7 heteroatoms. The number of hydrogen-bond donors (Lipinski definition) is 2. The lowest BCUT2D eigenvalue weighted by molar-refractivity contribution is -0.117. The van der Waals surface area contributed by atoms with Gasteiger partial charge in [-0.15, -0.1) is 0 Å². The standard InChI is InChI=1S/C14H14N4O2S/c1-8(11-6-9-4-2-3-5-10(9)20-11)13(19)17-14-16-12(7-15)18-21-14/h2-6,8H,7,15H2,1H3,(H,16,17,18,19). The van der Waals surface area contributed by atoms with Gasteiger partial charge < -0.3 is 15.5 Å². The number of fused-ring (bicyclic) bond motifs is 1. The largest absolute Gasteiger partial charge is 0.460 e. The Hall–Kier alpha value is -2.25. The first-order valence-corrected chi connectivity index (χ1v) is 7.26. The first-order valence-electron chi connectivity index (χ1n) is 6.49. The van der Waals surface area contributed by atoms with E-state index in [1.165, 1.54) is 0 Å². The lowest BCUT2D eigenvalue weighted by Crippen LogP contribution is -2.18. The Balaban J connectivity index is 1.77. The molecule has 1 unspecified atom stereocenters. The highest BCUT2D eigenvalue weighted by Gasteiger charge is 2.20. The van der Waals surface area contributed by atoms with Gasteiger partial charge in [0.15, 0.2) is 5.82 Å². The predicted octanol–water partition coefficient (Wildman–Crippen LogP) is 2.49. The highest BCUT2D eigenvalue weighted by atomic mass is 32.1. The van der Waals surface area contributed by atoms with Gasteiger partial charge in [0.2, 0.25) is 11.0 Å². The summed E-state index contributed by atoms with van der Waals surface area (Å²) in [5.74, 6) is 0.542. The predicted molar refractivity (Wildman–Crippen MR) is 81.1 cm³/mol. The molecule has 1 amide bonds. The zero-order valence-corrected chi connectivity index (χ0v) is 12.2. The van der Waals surface area contributed by atoms with Gasteiger partial charge in [0.1, 0.15) is 11.3 Å². The fraction of sp³-hybridized carbons (Fsp3) is 0.214. The molecule has 21 heavy (non-hydrogen) atoms. The van der Waals surface area contributed by atoms with E-state index in [4.69, 9.17) is 10.2 Å². The molecule has 0 saturated carbocycles. The summed E-state index contributed by atoms with van der Waals surface area (Å²) in [6, 6.07) is 9.54. The van der Waals surface area contributed by atoms with Crippen molar-refractivity contribution in [3.05, 3.63) is 41.9 Å². The number of nitrogens with zero attached hydrogens (tertiary/aromatic N) is 2. The molecule has 0 radical (unpaired) electrons. The molecule has 0 saturated heterocycles. The van der Waals surface area contributed by atoms with Gasteiger partial charge >= 0.3 is 0 Å². The van der Waals surface area contributed by atoms with Crippen molar-refractivity contribution in [3.63, 3.8) is 0 Å². The van der Waals surface area contributed by atoms with Gasteiger partial charge in [-0.2, -0.15) is 4.37 Å². The minimum Gasteiger partial charge on any atom is -0.460 e. The molecule has 2 aromatic heterocycles. The fourth-order valence-corrected chi connectivity index (χ4v) is 2.55. The van der Waals surface area contributed by atoms with Crippen molar-refractivity contribution in [1.82, 2.24) is 9.36 Å². The van der Waals surface area contributed by atoms with E-state index >= 15 is 0 Å². The van der Waals surface area contributed by atoms with E-state index in [0.717, 1.165) is 22.5 Å². The third kappa shape index (κ3) is 2.79. The van der Waals surface area contributed by atoms with Crippen molar-refractivity contribution in [3.8, 4) is 0 Å². The van der Waals surface area contributed by atoms with Crippen LogP contribution in [-0.2, 0) is 11.3 Å². The topological polar surface area (TPSA) is 94.0 Å². The maximum atomic E-state index is 12.2. The van der Waals surface area contributed by atoms with E-state index < -0.39 is 5.92 Å². The molecule has 3 N–H and O–H groups in total. The second-order valence-corrected chi connectivity index (χ2v) is 5.37. The molecule has 0 fully saturated rings. The number of nitrogens with one attached hydrogen (secondary N) is 1. The van der Waals surface area contributed by atoms with E-state index in [0.29, 0.717) is 16.7 Å². The number of benzene rings is 1. The Morgan fingerprint density at radius 2 is 2.29 bits per heavy atom. The molecule has 3 aromatic rings. The summed E-state index contributed by atoms with van der Waals surface area (Å²) in [4.78, 5) is 16.3. The van der Waals surface area contributed by atoms with E-state index in [2.05, 4.69) is 14.7 Å². The van der Waals surface area contributed by atoms with Crippen molar-refractivity contribution < 1.29 is 9.21 Å². The van der Waals surface area contributed by atoms with E-state index in [9.17, 15) is 4.79 Å². The SMILES string of the molecule is CC(C(=O)Nc1nc(CN)ns1)c1cc2ccccc2o1. The monoisotopic (exact) mass is 302 g/mol. The van der Waals surface area contributed by atoms with Crippen LogP contribution < -0.4 is 11.1 Å². The van der Waals surface area contributed by atoms with Crippen molar-refractivity contribution in [2.24, 2.45) is 5.73 Å². The van der Waals surface area contributed by atoms with Crippen molar-refractivity contribution in [2.75, 3.05) is 5.32 Å². The van der Waals surface area contributed by atoms with Crippen LogP contribution in [0.25, 0.3) is 11.0 Å². The molecule has 0 spiro atoms. The Morgan fingerprint density at radius 1 is 1.48 bits per heavy atom. The van der Waals surface area contributed by atoms with Gasteiger partial charge in [0.25, 0.3) is 0 Å². The van der Waals surface area contributed by atoms with Crippen LogP contribution in [0.1, 0.15) is 24.4 Å². The minimum absolute atomic E-state index is 0.186. The molecular formula is C14H14N4O2S. The van der Waals surface area contributed by atoms with Gasteiger partial charge in [-0.05, 0) is 19.1 Å². The lowest BCUT2D eigenvalue weighted by atomic mass is 10.1. The van der Waals surface area contributed by atoms with E-state index in [1.54, 1.807) is 6.92 Å². The average Bonchev–Trinajstić information content (AvgIpc) is 3.12. The number of carbonyl (C=O) groups excluding carboxylic acids is 1. The number of rotatable bonds is 4. The Kier molecular flexibility index (Phi) is 3.68. The smallest absolute Gasteiger partial charge is 0.236 e. The zero-order chi connectivity index (χ0) is 14.8. The summed E-state index contributed by atoms with van der Waals surface area (Å²) in [5, 5.41) is 4.16. The van der Waals surface area contributed by atoms with Crippen LogP contribution in [0.2, 0.25) is 0 Å². The summed E-state index contributed by atoms with van der Waals surface area (Å²) in [7, 11) is 0. The van der Waals surface area contributed by atoms with Gasteiger partial charge in [0.05, 0.1) is 12.5 Å². The number of hydrogen-bond acceptors (Lipinski definition) is 6. The number of carbonyl (C=O) groups is 1. The number of anilines is 1. The Morgan fingerprint density at radius 3 is 3.00 bits per heavy atom. The Bertz CT molecular complexity index is 747. The molecule has 0 bridgehead atoms. The third-order valence-corrected chi connectivity index (χ3v) is 3.81. The van der Waals surface area contributed by atoms with Crippen LogP contribution in [0.3, 0.4) is 0 Å². The van der Waals surface area contributed by atoms with Crippen molar-refractivity contribution in [1.29, 1.82) is 0 Å². The molecule has 108 valence electrons. The average molecular weight is 302 g/mol. The molecule has 2 heterocycles. The zero-order valence-electron chi connectivity index (χ0n) is 11.4. The number of nitrogens with two attached hydrogens (primary N) is 1.